The van der Waals surface area contributed by atoms with Gasteiger partial charge in [-0.15, -0.1) is 0 Å². The number of amides is 2. The summed E-state index contributed by atoms with van der Waals surface area (Å²) < 4.78 is 0. The lowest BCUT2D eigenvalue weighted by Crippen LogP contribution is -2.44. The molecule has 0 atom stereocenters. The fourth-order valence-electron chi connectivity index (χ4n) is 1.97. The molecule has 1 aliphatic rings. The number of carbonyl (C=O) groups is 2. The summed E-state index contributed by atoms with van der Waals surface area (Å²) in [6.07, 6.45) is 3.23. The fourth-order valence-corrected chi connectivity index (χ4v) is 1.97. The largest absolute Gasteiger partial charge is 0.370 e. The van der Waals surface area contributed by atoms with Crippen LogP contribution >= 0.6 is 0 Å². The van der Waals surface area contributed by atoms with Gasteiger partial charge < -0.3 is 16.0 Å². The summed E-state index contributed by atoms with van der Waals surface area (Å²) in [5.74, 6) is -0.0830. The Labute approximate surface area is 96.4 Å². The first-order valence-corrected chi connectivity index (χ1v) is 5.87. The Morgan fingerprint density at radius 1 is 1.38 bits per heavy atom. The fraction of sp³-hybridized carbons (Fsp3) is 0.818. The third-order valence-electron chi connectivity index (χ3n) is 2.97. The van der Waals surface area contributed by atoms with E-state index in [1.54, 1.807) is 6.92 Å². The van der Waals surface area contributed by atoms with Crippen molar-refractivity contribution in [2.45, 2.75) is 38.6 Å². The van der Waals surface area contributed by atoms with E-state index >= 15 is 0 Å². The average molecular weight is 227 g/mol. The minimum Gasteiger partial charge on any atom is -0.370 e. The zero-order valence-corrected chi connectivity index (χ0v) is 9.87. The molecule has 0 aromatic rings. The highest BCUT2D eigenvalue weighted by Crippen LogP contribution is 2.10. The summed E-state index contributed by atoms with van der Waals surface area (Å²) >= 11 is 0. The van der Waals surface area contributed by atoms with Gasteiger partial charge in [0.2, 0.25) is 11.8 Å². The molecule has 16 heavy (non-hydrogen) atoms. The minimum absolute atomic E-state index is 0.159. The molecule has 0 bridgehead atoms. The minimum atomic E-state index is -0.242. The van der Waals surface area contributed by atoms with E-state index in [0.717, 1.165) is 38.9 Å². The molecule has 1 heterocycles. The van der Waals surface area contributed by atoms with Crippen molar-refractivity contribution in [1.82, 2.24) is 10.2 Å². The lowest BCUT2D eigenvalue weighted by molar-refractivity contribution is -0.130. The van der Waals surface area contributed by atoms with Crippen LogP contribution in [0.25, 0.3) is 0 Å². The number of carbonyl (C=O) groups excluding carboxylic acids is 2. The third kappa shape index (κ3) is 4.61. The molecule has 5 heteroatoms. The summed E-state index contributed by atoms with van der Waals surface area (Å²) in [5, 5.41) is 3.39. The first kappa shape index (κ1) is 13.0. The summed E-state index contributed by atoms with van der Waals surface area (Å²) in [6.45, 7) is 4.11. The molecule has 0 aliphatic carbocycles. The first-order chi connectivity index (χ1) is 7.59. The Balaban J connectivity index is 2.08. The Kier molecular flexibility index (Phi) is 5.25. The molecule has 3 N–H and O–H groups in total. The van der Waals surface area contributed by atoms with Crippen LogP contribution in [0.1, 0.15) is 32.6 Å². The smallest absolute Gasteiger partial charge is 0.219 e. The van der Waals surface area contributed by atoms with Crippen molar-refractivity contribution in [1.29, 1.82) is 0 Å². The summed E-state index contributed by atoms with van der Waals surface area (Å²) in [4.78, 5) is 23.5. The van der Waals surface area contributed by atoms with E-state index in [2.05, 4.69) is 5.32 Å². The highest BCUT2D eigenvalue weighted by atomic mass is 16.2. The number of rotatable bonds is 5. The van der Waals surface area contributed by atoms with Crippen LogP contribution in [0.4, 0.5) is 0 Å². The van der Waals surface area contributed by atoms with Crippen molar-refractivity contribution in [3.8, 4) is 0 Å². The summed E-state index contributed by atoms with van der Waals surface area (Å²) in [7, 11) is 0. The van der Waals surface area contributed by atoms with Gasteiger partial charge in [0, 0.05) is 32.5 Å². The van der Waals surface area contributed by atoms with E-state index in [0.29, 0.717) is 12.5 Å². The zero-order valence-electron chi connectivity index (χ0n) is 9.87. The predicted octanol–water partition coefficient (Wildman–Crippen LogP) is -0.148. The average Bonchev–Trinajstić information content (AvgIpc) is 2.25. The van der Waals surface area contributed by atoms with Gasteiger partial charge in [0.25, 0.3) is 0 Å². The maximum Gasteiger partial charge on any atom is 0.219 e. The van der Waals surface area contributed by atoms with E-state index in [9.17, 15) is 9.59 Å². The number of piperidine rings is 1. The van der Waals surface area contributed by atoms with Crippen LogP contribution in [-0.4, -0.2) is 42.4 Å². The molecular formula is C11H21N3O2. The van der Waals surface area contributed by atoms with Crippen molar-refractivity contribution in [2.75, 3.05) is 19.6 Å². The summed E-state index contributed by atoms with van der Waals surface area (Å²) in [6, 6.07) is 0.475. The standard InChI is InChI=1S/C11H21N3O2/c1-9(15)14-7-4-10(5-8-14)13-6-2-3-11(12)16/h10,13H,2-8H2,1H3,(H2,12,16). The Morgan fingerprint density at radius 3 is 2.50 bits per heavy atom. The molecule has 1 saturated heterocycles. The molecule has 0 saturated carbocycles. The van der Waals surface area contributed by atoms with Crippen LogP contribution in [-0.2, 0) is 9.59 Å². The molecule has 0 aromatic heterocycles. The van der Waals surface area contributed by atoms with Gasteiger partial charge in [0.05, 0.1) is 0 Å². The van der Waals surface area contributed by atoms with Crippen LogP contribution in [0.15, 0.2) is 0 Å². The molecule has 0 radical (unpaired) electrons. The number of likely N-dealkylation sites (tertiary alicyclic amines) is 1. The van der Waals surface area contributed by atoms with Crippen LogP contribution in [0, 0.1) is 0 Å². The third-order valence-corrected chi connectivity index (χ3v) is 2.97. The molecule has 1 aliphatic heterocycles. The number of nitrogens with zero attached hydrogens (tertiary/aromatic N) is 1. The number of hydrogen-bond donors (Lipinski definition) is 2. The van der Waals surface area contributed by atoms with Crippen molar-refractivity contribution in [3.63, 3.8) is 0 Å². The number of primary amides is 1. The normalized spacial score (nSPS) is 17.4. The monoisotopic (exact) mass is 227 g/mol. The second-order valence-electron chi connectivity index (χ2n) is 4.30. The predicted molar refractivity (Wildman–Crippen MR) is 61.7 cm³/mol. The van der Waals surface area contributed by atoms with Gasteiger partial charge in [-0.05, 0) is 25.8 Å². The van der Waals surface area contributed by atoms with E-state index in [1.807, 2.05) is 4.90 Å². The molecule has 1 fully saturated rings. The van der Waals surface area contributed by atoms with Gasteiger partial charge >= 0.3 is 0 Å². The van der Waals surface area contributed by atoms with E-state index < -0.39 is 0 Å². The Hall–Kier alpha value is -1.10. The molecule has 0 unspecified atom stereocenters. The van der Waals surface area contributed by atoms with Crippen molar-refractivity contribution in [2.24, 2.45) is 5.73 Å². The van der Waals surface area contributed by atoms with Crippen LogP contribution in [0.3, 0.4) is 0 Å². The quantitative estimate of drug-likeness (QED) is 0.641. The Bertz CT molecular complexity index is 248. The molecular weight excluding hydrogens is 206 g/mol. The highest BCUT2D eigenvalue weighted by Gasteiger charge is 2.19. The number of nitrogens with two attached hydrogens (primary N) is 1. The molecule has 0 spiro atoms. The molecule has 0 aromatic carbocycles. The molecule has 92 valence electrons. The van der Waals surface area contributed by atoms with Crippen molar-refractivity contribution < 1.29 is 9.59 Å². The molecule has 1 rings (SSSR count). The first-order valence-electron chi connectivity index (χ1n) is 5.87. The zero-order chi connectivity index (χ0) is 12.0. The maximum atomic E-state index is 11.1. The van der Waals surface area contributed by atoms with Gasteiger partial charge in [-0.3, -0.25) is 9.59 Å². The van der Waals surface area contributed by atoms with Gasteiger partial charge in [-0.1, -0.05) is 0 Å². The van der Waals surface area contributed by atoms with Gasteiger partial charge in [0.15, 0.2) is 0 Å². The van der Waals surface area contributed by atoms with Gasteiger partial charge in [-0.2, -0.15) is 0 Å². The van der Waals surface area contributed by atoms with Crippen molar-refractivity contribution in [3.05, 3.63) is 0 Å². The van der Waals surface area contributed by atoms with Gasteiger partial charge in [-0.25, -0.2) is 0 Å². The topological polar surface area (TPSA) is 75.4 Å². The lowest BCUT2D eigenvalue weighted by Gasteiger charge is -2.31. The second kappa shape index (κ2) is 6.48. The Morgan fingerprint density at radius 2 is 2.00 bits per heavy atom. The molecule has 5 nitrogen and oxygen atoms in total. The number of nitrogens with one attached hydrogen (secondary N) is 1. The summed E-state index contributed by atoms with van der Waals surface area (Å²) in [5.41, 5.74) is 5.05. The maximum absolute atomic E-state index is 11.1. The van der Waals surface area contributed by atoms with Crippen LogP contribution in [0.5, 0.6) is 0 Å². The second-order valence-corrected chi connectivity index (χ2v) is 4.30. The van der Waals surface area contributed by atoms with Crippen LogP contribution in [0.2, 0.25) is 0 Å². The number of hydrogen-bond acceptors (Lipinski definition) is 3. The highest BCUT2D eigenvalue weighted by molar-refractivity contribution is 5.73. The van der Waals surface area contributed by atoms with Gasteiger partial charge in [0.1, 0.15) is 0 Å². The molecule has 2 amide bonds. The van der Waals surface area contributed by atoms with Crippen molar-refractivity contribution >= 4 is 11.8 Å². The van der Waals surface area contributed by atoms with Crippen LogP contribution < -0.4 is 11.1 Å². The van der Waals surface area contributed by atoms with E-state index in [4.69, 9.17) is 5.73 Å². The lowest BCUT2D eigenvalue weighted by atomic mass is 10.0. The van der Waals surface area contributed by atoms with E-state index in [1.165, 1.54) is 0 Å². The SMILES string of the molecule is CC(=O)N1CCC(NCCCC(N)=O)CC1. The van der Waals surface area contributed by atoms with E-state index in [-0.39, 0.29) is 11.8 Å².